The molecule has 0 unspecified atom stereocenters. The van der Waals surface area contributed by atoms with E-state index in [9.17, 15) is 4.79 Å². The molecule has 1 nitrogen and oxygen atoms in total. The second-order valence-corrected chi connectivity index (χ2v) is 5.97. The highest BCUT2D eigenvalue weighted by atomic mass is 35.5. The number of hydrogen-bond donors (Lipinski definition) is 0. The van der Waals surface area contributed by atoms with Crippen LogP contribution in [0.2, 0.25) is 20.1 Å². The second kappa shape index (κ2) is 5.95. The molecule has 20 heavy (non-hydrogen) atoms. The molecule has 0 aliphatic heterocycles. The Morgan fingerprint density at radius 1 is 0.750 bits per heavy atom. The molecule has 0 saturated heterocycles. The van der Waals surface area contributed by atoms with Gasteiger partial charge in [-0.15, -0.1) is 0 Å². The van der Waals surface area contributed by atoms with E-state index < -0.39 is 0 Å². The Labute approximate surface area is 137 Å². The highest BCUT2D eigenvalue weighted by Gasteiger charge is 2.18. The molecule has 0 atom stereocenters. The van der Waals surface area contributed by atoms with E-state index in [1.807, 2.05) is 0 Å². The number of carbonyl (C=O) groups is 1. The minimum atomic E-state index is -0.155. The lowest BCUT2D eigenvalue weighted by molar-refractivity contribution is 0.103. The Kier molecular flexibility index (Phi) is 4.66. The summed E-state index contributed by atoms with van der Waals surface area (Å²) in [7, 11) is 0. The van der Waals surface area contributed by atoms with Crippen molar-refractivity contribution in [1.29, 1.82) is 0 Å². The van der Waals surface area contributed by atoms with Crippen LogP contribution in [0.1, 0.15) is 27.0 Å². The molecular formula is C15H10Cl4O. The highest BCUT2D eigenvalue weighted by molar-refractivity contribution is 6.43. The Morgan fingerprint density at radius 2 is 1.10 bits per heavy atom. The molecule has 0 fully saturated rings. The Hall–Kier alpha value is -0.730. The number of halogens is 4. The Morgan fingerprint density at radius 3 is 1.45 bits per heavy atom. The maximum atomic E-state index is 12.6. The maximum absolute atomic E-state index is 12.6. The van der Waals surface area contributed by atoms with Gasteiger partial charge in [0.15, 0.2) is 5.78 Å². The number of ketones is 1. The molecule has 0 aromatic heterocycles. The first-order chi connectivity index (χ1) is 9.34. The molecule has 2 aromatic carbocycles. The van der Waals surface area contributed by atoms with Crippen molar-refractivity contribution in [3.05, 3.63) is 66.6 Å². The van der Waals surface area contributed by atoms with Gasteiger partial charge in [-0.2, -0.15) is 0 Å². The van der Waals surface area contributed by atoms with Crippen molar-refractivity contribution in [3.63, 3.8) is 0 Å². The lowest BCUT2D eigenvalue weighted by Crippen LogP contribution is -2.06. The average Bonchev–Trinajstić information content (AvgIpc) is 2.42. The van der Waals surface area contributed by atoms with Crippen LogP contribution < -0.4 is 0 Å². The summed E-state index contributed by atoms with van der Waals surface area (Å²) in [4.78, 5) is 12.6. The number of hydrogen-bond acceptors (Lipinski definition) is 1. The van der Waals surface area contributed by atoms with Crippen molar-refractivity contribution in [3.8, 4) is 0 Å². The van der Waals surface area contributed by atoms with Crippen LogP contribution in [0.15, 0.2) is 24.3 Å². The molecule has 104 valence electrons. The summed E-state index contributed by atoms with van der Waals surface area (Å²) in [6.07, 6.45) is 0. The molecule has 0 amide bonds. The third-order valence-corrected chi connectivity index (χ3v) is 4.97. The fourth-order valence-corrected chi connectivity index (χ4v) is 2.68. The van der Waals surface area contributed by atoms with Gasteiger partial charge < -0.3 is 0 Å². The van der Waals surface area contributed by atoms with Crippen LogP contribution in [-0.2, 0) is 0 Å². The lowest BCUT2D eigenvalue weighted by Gasteiger charge is -2.11. The predicted molar refractivity (Wildman–Crippen MR) is 85.8 cm³/mol. The summed E-state index contributed by atoms with van der Waals surface area (Å²) in [5.41, 5.74) is 2.30. The van der Waals surface area contributed by atoms with Crippen molar-refractivity contribution >= 4 is 52.2 Å². The van der Waals surface area contributed by atoms with Crippen molar-refractivity contribution in [2.45, 2.75) is 13.8 Å². The molecule has 2 rings (SSSR count). The molecule has 2 aromatic rings. The fraction of sp³-hybridized carbons (Fsp3) is 0.133. The second-order valence-electron chi connectivity index (χ2n) is 4.40. The first-order valence-electron chi connectivity index (χ1n) is 5.78. The molecule has 0 heterocycles. The zero-order chi connectivity index (χ0) is 15.0. The first-order valence-corrected chi connectivity index (χ1v) is 7.29. The first kappa shape index (κ1) is 15.7. The van der Waals surface area contributed by atoms with Crippen molar-refractivity contribution in [2.24, 2.45) is 0 Å². The summed E-state index contributed by atoms with van der Waals surface area (Å²) in [6.45, 7) is 3.52. The monoisotopic (exact) mass is 346 g/mol. The van der Waals surface area contributed by atoms with Gasteiger partial charge in [0.25, 0.3) is 0 Å². The molecular weight excluding hydrogens is 338 g/mol. The normalized spacial score (nSPS) is 10.7. The number of carbonyl (C=O) groups excluding carboxylic acids is 1. The number of benzene rings is 2. The summed E-state index contributed by atoms with van der Waals surface area (Å²) >= 11 is 24.0. The topological polar surface area (TPSA) is 17.1 Å². The van der Waals surface area contributed by atoms with Gasteiger partial charge in [0.05, 0.1) is 20.1 Å². The minimum Gasteiger partial charge on any atom is -0.289 e. The van der Waals surface area contributed by atoms with E-state index in [2.05, 4.69) is 0 Å². The molecule has 0 bridgehead atoms. The Balaban J connectivity index is 2.58. The van der Waals surface area contributed by atoms with Crippen LogP contribution >= 0.6 is 46.4 Å². The zero-order valence-electron chi connectivity index (χ0n) is 10.7. The van der Waals surface area contributed by atoms with Crippen LogP contribution in [0.4, 0.5) is 0 Å². The van der Waals surface area contributed by atoms with Gasteiger partial charge in [-0.25, -0.2) is 0 Å². The van der Waals surface area contributed by atoms with E-state index in [1.54, 1.807) is 38.1 Å². The highest BCUT2D eigenvalue weighted by Crippen LogP contribution is 2.32. The predicted octanol–water partition coefficient (Wildman–Crippen LogP) is 6.15. The van der Waals surface area contributed by atoms with Crippen LogP contribution in [0, 0.1) is 13.8 Å². The molecule has 0 aliphatic carbocycles. The van der Waals surface area contributed by atoms with E-state index in [0.29, 0.717) is 42.3 Å². The van der Waals surface area contributed by atoms with E-state index in [4.69, 9.17) is 46.4 Å². The van der Waals surface area contributed by atoms with Crippen LogP contribution in [0.25, 0.3) is 0 Å². The largest absolute Gasteiger partial charge is 0.289 e. The molecule has 0 saturated carbocycles. The van der Waals surface area contributed by atoms with E-state index >= 15 is 0 Å². The van der Waals surface area contributed by atoms with E-state index in [0.717, 1.165) is 0 Å². The van der Waals surface area contributed by atoms with Crippen molar-refractivity contribution < 1.29 is 4.79 Å². The van der Waals surface area contributed by atoms with Gasteiger partial charge in [-0.1, -0.05) is 46.4 Å². The summed E-state index contributed by atoms with van der Waals surface area (Å²) in [5, 5.41) is 1.61. The standard InChI is InChI=1S/C15H10Cl4O/c1-7-9(3-5-11(16)13(7)18)15(20)10-4-6-12(17)14(19)8(10)2/h3-6H,1-2H3. The SMILES string of the molecule is Cc1c(C(=O)c2ccc(Cl)c(Cl)c2C)ccc(Cl)c1Cl. The molecule has 0 spiro atoms. The summed E-state index contributed by atoms with van der Waals surface area (Å²) < 4.78 is 0. The summed E-state index contributed by atoms with van der Waals surface area (Å²) in [6, 6.07) is 6.54. The van der Waals surface area contributed by atoms with Crippen molar-refractivity contribution in [1.82, 2.24) is 0 Å². The van der Waals surface area contributed by atoms with Crippen LogP contribution in [0.5, 0.6) is 0 Å². The minimum absolute atomic E-state index is 0.155. The van der Waals surface area contributed by atoms with Gasteiger partial charge in [-0.3, -0.25) is 4.79 Å². The van der Waals surface area contributed by atoms with E-state index in [1.165, 1.54) is 0 Å². The molecule has 0 radical (unpaired) electrons. The van der Waals surface area contributed by atoms with Crippen LogP contribution in [0.3, 0.4) is 0 Å². The number of rotatable bonds is 2. The van der Waals surface area contributed by atoms with Gasteiger partial charge in [-0.05, 0) is 49.2 Å². The molecule has 5 heteroatoms. The maximum Gasteiger partial charge on any atom is 0.193 e. The smallest absolute Gasteiger partial charge is 0.193 e. The summed E-state index contributed by atoms with van der Waals surface area (Å²) in [5.74, 6) is -0.155. The van der Waals surface area contributed by atoms with Gasteiger partial charge >= 0.3 is 0 Å². The van der Waals surface area contributed by atoms with Gasteiger partial charge in [0.1, 0.15) is 0 Å². The van der Waals surface area contributed by atoms with E-state index in [-0.39, 0.29) is 5.78 Å². The molecule has 0 aliphatic rings. The van der Waals surface area contributed by atoms with Gasteiger partial charge in [0.2, 0.25) is 0 Å². The zero-order valence-corrected chi connectivity index (χ0v) is 13.8. The quantitative estimate of drug-likeness (QED) is 0.595. The average molecular weight is 348 g/mol. The fourth-order valence-electron chi connectivity index (χ4n) is 1.94. The third-order valence-electron chi connectivity index (χ3n) is 3.17. The Bertz CT molecular complexity index is 648. The van der Waals surface area contributed by atoms with Gasteiger partial charge in [0, 0.05) is 11.1 Å². The third kappa shape index (κ3) is 2.68. The van der Waals surface area contributed by atoms with Crippen LogP contribution in [-0.4, -0.2) is 5.78 Å². The lowest BCUT2D eigenvalue weighted by atomic mass is 9.96. The van der Waals surface area contributed by atoms with Crippen molar-refractivity contribution in [2.75, 3.05) is 0 Å². The molecule has 0 N–H and O–H groups in total.